The van der Waals surface area contributed by atoms with E-state index >= 15 is 0 Å². The van der Waals surface area contributed by atoms with Crippen LogP contribution in [0.3, 0.4) is 0 Å². The van der Waals surface area contributed by atoms with Crippen LogP contribution in [0, 0.1) is 11.3 Å². The van der Waals surface area contributed by atoms with E-state index in [-0.39, 0.29) is 11.9 Å². The van der Waals surface area contributed by atoms with Crippen LogP contribution in [0.5, 0.6) is 0 Å². The minimum Gasteiger partial charge on any atom is -0.329 e. The molecular weight excluding hydrogens is 434 g/mol. The molecule has 170 valence electrons. The summed E-state index contributed by atoms with van der Waals surface area (Å²) in [6, 6.07) is 17.6. The number of amides is 1. The van der Waals surface area contributed by atoms with E-state index in [1.165, 1.54) is 0 Å². The van der Waals surface area contributed by atoms with Crippen molar-refractivity contribution < 1.29 is 4.79 Å². The number of nitriles is 1. The van der Waals surface area contributed by atoms with Gasteiger partial charge in [0.1, 0.15) is 0 Å². The van der Waals surface area contributed by atoms with Crippen LogP contribution < -0.4 is 4.90 Å². The van der Waals surface area contributed by atoms with Crippen LogP contribution in [0.25, 0.3) is 0 Å². The van der Waals surface area contributed by atoms with E-state index in [4.69, 9.17) is 16.9 Å². The highest BCUT2D eigenvalue weighted by Gasteiger charge is 2.33. The molecule has 4 rings (SSSR count). The second-order valence-electron chi connectivity index (χ2n) is 8.51. The number of aromatic nitrogens is 2. The van der Waals surface area contributed by atoms with Crippen molar-refractivity contribution in [3.8, 4) is 6.07 Å². The quantitative estimate of drug-likeness (QED) is 0.480. The first kappa shape index (κ1) is 23.0. The predicted octanol–water partition coefficient (Wildman–Crippen LogP) is 4.86. The summed E-state index contributed by atoms with van der Waals surface area (Å²) in [6.45, 7) is 4.56. The maximum atomic E-state index is 13.1. The van der Waals surface area contributed by atoms with Gasteiger partial charge >= 0.3 is 0 Å². The van der Waals surface area contributed by atoms with E-state index in [1.807, 2.05) is 66.0 Å². The number of nitrogens with zero attached hydrogens (tertiary/aromatic N) is 5. The molecule has 1 aromatic heterocycles. The zero-order chi connectivity index (χ0) is 23.2. The smallest absolute Gasteiger partial charge is 0.241 e. The molecule has 33 heavy (non-hydrogen) atoms. The van der Waals surface area contributed by atoms with Gasteiger partial charge in [0.15, 0.2) is 0 Å². The molecule has 1 unspecified atom stereocenters. The van der Waals surface area contributed by atoms with Crippen molar-refractivity contribution >= 4 is 23.2 Å². The van der Waals surface area contributed by atoms with Crippen molar-refractivity contribution in [1.29, 1.82) is 5.26 Å². The van der Waals surface area contributed by atoms with Crippen molar-refractivity contribution in [2.75, 3.05) is 18.0 Å². The van der Waals surface area contributed by atoms with Crippen LogP contribution in [0.2, 0.25) is 5.02 Å². The van der Waals surface area contributed by atoms with Gasteiger partial charge in [-0.1, -0.05) is 49.6 Å². The SMILES string of the molecule is CCCCC1CN(c2cccc(Cl)c2)C(=O)CN1Cc1cncn1Cc1ccc(C#N)cc1. The number of hydrogen-bond acceptors (Lipinski definition) is 4. The maximum absolute atomic E-state index is 13.1. The zero-order valence-corrected chi connectivity index (χ0v) is 19.6. The molecular formula is C26H28ClN5O. The summed E-state index contributed by atoms with van der Waals surface area (Å²) in [5, 5.41) is 9.65. The number of hydrogen-bond donors (Lipinski definition) is 0. The molecule has 1 aliphatic rings. The number of carbonyl (C=O) groups is 1. The van der Waals surface area contributed by atoms with Crippen LogP contribution in [-0.4, -0.2) is 39.5 Å². The minimum absolute atomic E-state index is 0.0863. The number of halogens is 1. The summed E-state index contributed by atoms with van der Waals surface area (Å²) >= 11 is 6.18. The molecule has 6 nitrogen and oxygen atoms in total. The van der Waals surface area contributed by atoms with E-state index < -0.39 is 0 Å². The highest BCUT2D eigenvalue weighted by molar-refractivity contribution is 6.30. The average Bonchev–Trinajstić information content (AvgIpc) is 3.25. The summed E-state index contributed by atoms with van der Waals surface area (Å²) in [4.78, 5) is 21.6. The predicted molar refractivity (Wildman–Crippen MR) is 130 cm³/mol. The Balaban J connectivity index is 1.50. The molecule has 2 heterocycles. The highest BCUT2D eigenvalue weighted by Crippen LogP contribution is 2.26. The molecule has 0 N–H and O–H groups in total. The van der Waals surface area contributed by atoms with Crippen LogP contribution in [0.1, 0.15) is 43.0 Å². The molecule has 0 radical (unpaired) electrons. The lowest BCUT2D eigenvalue weighted by atomic mass is 10.0. The summed E-state index contributed by atoms with van der Waals surface area (Å²) in [5.41, 5.74) is 3.70. The van der Waals surface area contributed by atoms with Gasteiger partial charge in [-0.25, -0.2) is 4.98 Å². The molecule has 1 fully saturated rings. The summed E-state index contributed by atoms with van der Waals surface area (Å²) in [5.74, 6) is 0.0863. The fourth-order valence-electron chi connectivity index (χ4n) is 4.32. The van der Waals surface area contributed by atoms with Gasteiger partial charge in [0.05, 0.1) is 30.2 Å². The highest BCUT2D eigenvalue weighted by atomic mass is 35.5. The van der Waals surface area contributed by atoms with Crippen molar-refractivity contribution in [3.05, 3.63) is 82.9 Å². The molecule has 7 heteroatoms. The number of unbranched alkanes of at least 4 members (excludes halogenated alkanes) is 1. The van der Waals surface area contributed by atoms with Gasteiger partial charge in [-0.05, 0) is 42.3 Å². The lowest BCUT2D eigenvalue weighted by Crippen LogP contribution is -2.56. The average molecular weight is 462 g/mol. The Bertz CT molecular complexity index is 1130. The molecule has 0 spiro atoms. The molecule has 0 saturated carbocycles. The molecule has 0 aliphatic carbocycles. The van der Waals surface area contributed by atoms with Gasteiger partial charge in [0, 0.05) is 42.6 Å². The summed E-state index contributed by atoms with van der Waals surface area (Å²) < 4.78 is 2.12. The van der Waals surface area contributed by atoms with E-state index in [0.29, 0.717) is 36.8 Å². The van der Waals surface area contributed by atoms with Crippen molar-refractivity contribution in [2.24, 2.45) is 0 Å². The Labute approximate surface area is 200 Å². The number of benzene rings is 2. The van der Waals surface area contributed by atoms with Gasteiger partial charge < -0.3 is 9.47 Å². The van der Waals surface area contributed by atoms with Crippen LogP contribution >= 0.6 is 11.6 Å². The first-order chi connectivity index (χ1) is 16.1. The van der Waals surface area contributed by atoms with Gasteiger partial charge in [-0.2, -0.15) is 5.26 Å². The first-order valence-electron chi connectivity index (χ1n) is 11.4. The number of carbonyl (C=O) groups excluding carboxylic acids is 1. The fourth-order valence-corrected chi connectivity index (χ4v) is 4.50. The van der Waals surface area contributed by atoms with Gasteiger partial charge in [0.25, 0.3) is 0 Å². The van der Waals surface area contributed by atoms with Gasteiger partial charge in [-0.3, -0.25) is 9.69 Å². The third-order valence-electron chi connectivity index (χ3n) is 6.16. The van der Waals surface area contributed by atoms with E-state index in [1.54, 1.807) is 0 Å². The first-order valence-corrected chi connectivity index (χ1v) is 11.7. The Hall–Kier alpha value is -3.14. The van der Waals surface area contributed by atoms with E-state index in [2.05, 4.69) is 27.4 Å². The lowest BCUT2D eigenvalue weighted by Gasteiger charge is -2.41. The second kappa shape index (κ2) is 10.7. The standard InChI is InChI=1S/C26H28ClN5O/c1-2-3-6-24-17-32(23-7-4-5-22(27)12-23)26(33)18-30(24)16-25-14-29-19-31(25)15-21-10-8-20(13-28)9-11-21/h4-5,7-12,14,19,24H,2-3,6,15-18H2,1H3. The van der Waals surface area contributed by atoms with Gasteiger partial charge in [-0.15, -0.1) is 0 Å². The monoisotopic (exact) mass is 461 g/mol. The van der Waals surface area contributed by atoms with Crippen LogP contribution in [0.15, 0.2) is 61.1 Å². The lowest BCUT2D eigenvalue weighted by molar-refractivity contribution is -0.122. The summed E-state index contributed by atoms with van der Waals surface area (Å²) in [7, 11) is 0. The van der Waals surface area contributed by atoms with Crippen molar-refractivity contribution in [2.45, 2.75) is 45.3 Å². The van der Waals surface area contributed by atoms with Gasteiger partial charge in [0.2, 0.25) is 5.91 Å². The van der Waals surface area contributed by atoms with Crippen molar-refractivity contribution in [3.63, 3.8) is 0 Å². The van der Waals surface area contributed by atoms with Crippen molar-refractivity contribution in [1.82, 2.24) is 14.5 Å². The molecule has 1 amide bonds. The number of piperazine rings is 1. The molecule has 1 aliphatic heterocycles. The number of imidazole rings is 1. The Kier molecular flexibility index (Phi) is 7.43. The topological polar surface area (TPSA) is 65.2 Å². The molecule has 1 atom stereocenters. The maximum Gasteiger partial charge on any atom is 0.241 e. The zero-order valence-electron chi connectivity index (χ0n) is 18.8. The summed E-state index contributed by atoms with van der Waals surface area (Å²) in [6.07, 6.45) is 6.98. The van der Waals surface area contributed by atoms with E-state index in [0.717, 1.165) is 36.2 Å². The Morgan fingerprint density at radius 2 is 2.00 bits per heavy atom. The Morgan fingerprint density at radius 1 is 1.18 bits per heavy atom. The third-order valence-corrected chi connectivity index (χ3v) is 6.39. The molecule has 0 bridgehead atoms. The third kappa shape index (κ3) is 5.62. The van der Waals surface area contributed by atoms with Crippen LogP contribution in [0.4, 0.5) is 5.69 Å². The Morgan fingerprint density at radius 3 is 2.73 bits per heavy atom. The second-order valence-corrected chi connectivity index (χ2v) is 8.94. The largest absolute Gasteiger partial charge is 0.329 e. The molecule has 3 aromatic rings. The normalized spacial score (nSPS) is 16.7. The number of anilines is 1. The fraction of sp³-hybridized carbons (Fsp3) is 0.346. The van der Waals surface area contributed by atoms with Crippen LogP contribution in [-0.2, 0) is 17.9 Å². The molecule has 2 aromatic carbocycles. The number of rotatable bonds is 8. The minimum atomic E-state index is 0.0863. The molecule has 1 saturated heterocycles. The van der Waals surface area contributed by atoms with E-state index in [9.17, 15) is 4.79 Å².